The van der Waals surface area contributed by atoms with E-state index in [-0.39, 0.29) is 16.5 Å². The molecule has 0 aliphatic carbocycles. The van der Waals surface area contributed by atoms with Gasteiger partial charge in [-0.25, -0.2) is 13.2 Å². The van der Waals surface area contributed by atoms with Crippen LogP contribution in [0.5, 0.6) is 0 Å². The van der Waals surface area contributed by atoms with Gasteiger partial charge in [0.05, 0.1) is 10.5 Å². The van der Waals surface area contributed by atoms with Crippen LogP contribution in [0.4, 0.5) is 0 Å². The maximum atomic E-state index is 13.0. The first-order valence-corrected chi connectivity index (χ1v) is 9.89. The van der Waals surface area contributed by atoms with E-state index in [0.29, 0.717) is 25.1 Å². The van der Waals surface area contributed by atoms with Crippen molar-refractivity contribution in [3.8, 4) is 0 Å². The second-order valence-corrected chi connectivity index (χ2v) is 7.91. The van der Waals surface area contributed by atoms with E-state index in [1.165, 1.54) is 16.4 Å². The summed E-state index contributed by atoms with van der Waals surface area (Å²) in [5.41, 5.74) is 0.663. The van der Waals surface area contributed by atoms with Crippen LogP contribution in [-0.2, 0) is 16.4 Å². The molecule has 0 bridgehead atoms. The molecule has 1 N–H and O–H groups in total. The van der Waals surface area contributed by atoms with Crippen molar-refractivity contribution in [1.82, 2.24) is 9.21 Å². The second kappa shape index (κ2) is 7.63. The summed E-state index contributed by atoms with van der Waals surface area (Å²) in [6, 6.07) is 4.58. The number of benzene rings is 1. The number of rotatable bonds is 7. The summed E-state index contributed by atoms with van der Waals surface area (Å²) in [7, 11) is -3.68. The molecule has 0 saturated carbocycles. The molecule has 1 atom stereocenters. The van der Waals surface area contributed by atoms with Gasteiger partial charge in [-0.1, -0.05) is 26.8 Å². The van der Waals surface area contributed by atoms with E-state index in [1.807, 2.05) is 6.92 Å². The highest BCUT2D eigenvalue weighted by Gasteiger charge is 2.35. The van der Waals surface area contributed by atoms with Gasteiger partial charge in [0.15, 0.2) is 0 Å². The average molecular weight is 354 g/mol. The molecule has 1 unspecified atom stereocenters. The minimum Gasteiger partial charge on any atom is -0.478 e. The fourth-order valence-corrected chi connectivity index (χ4v) is 5.14. The van der Waals surface area contributed by atoms with E-state index >= 15 is 0 Å². The third kappa shape index (κ3) is 3.63. The number of hydrogen-bond donors (Lipinski definition) is 1. The summed E-state index contributed by atoms with van der Waals surface area (Å²) in [5, 5.41) is 9.17. The number of carboxylic acids is 1. The van der Waals surface area contributed by atoms with Crippen molar-refractivity contribution in [2.75, 3.05) is 26.2 Å². The Balaban J connectivity index is 2.34. The Labute approximate surface area is 144 Å². The van der Waals surface area contributed by atoms with E-state index in [2.05, 4.69) is 18.7 Å². The van der Waals surface area contributed by atoms with Gasteiger partial charge in [-0.05, 0) is 43.6 Å². The van der Waals surface area contributed by atoms with Crippen LogP contribution >= 0.6 is 0 Å². The highest BCUT2D eigenvalue weighted by molar-refractivity contribution is 7.89. The Hall–Kier alpha value is -1.44. The lowest BCUT2D eigenvalue weighted by atomic mass is 10.1. The molecule has 0 radical (unpaired) electrons. The monoisotopic (exact) mass is 354 g/mol. The van der Waals surface area contributed by atoms with Crippen LogP contribution in [-0.4, -0.2) is 60.9 Å². The summed E-state index contributed by atoms with van der Waals surface area (Å²) in [5.74, 6) is -1.11. The van der Waals surface area contributed by atoms with Gasteiger partial charge in [-0.15, -0.1) is 0 Å². The molecule has 24 heavy (non-hydrogen) atoms. The maximum Gasteiger partial charge on any atom is 0.335 e. The molecule has 1 aliphatic heterocycles. The number of sulfonamides is 1. The lowest BCUT2D eigenvalue weighted by Crippen LogP contribution is -2.38. The summed E-state index contributed by atoms with van der Waals surface area (Å²) in [6.07, 6.45) is 1.35. The summed E-state index contributed by atoms with van der Waals surface area (Å²) < 4.78 is 27.6. The lowest BCUT2D eigenvalue weighted by molar-refractivity contribution is 0.0696. The molecule has 1 saturated heterocycles. The molecule has 0 amide bonds. The van der Waals surface area contributed by atoms with E-state index in [4.69, 9.17) is 5.11 Å². The zero-order valence-corrected chi connectivity index (χ0v) is 15.3. The van der Waals surface area contributed by atoms with Gasteiger partial charge in [0, 0.05) is 19.1 Å². The van der Waals surface area contributed by atoms with Crippen molar-refractivity contribution in [2.24, 2.45) is 0 Å². The lowest BCUT2D eigenvalue weighted by Gasteiger charge is -2.26. The van der Waals surface area contributed by atoms with E-state index in [9.17, 15) is 13.2 Å². The number of carboxylic acid groups (broad SMARTS) is 1. The van der Waals surface area contributed by atoms with Crippen LogP contribution in [0.3, 0.4) is 0 Å². The van der Waals surface area contributed by atoms with E-state index in [0.717, 1.165) is 19.5 Å². The first-order chi connectivity index (χ1) is 11.3. The highest BCUT2D eigenvalue weighted by Crippen LogP contribution is 2.27. The predicted molar refractivity (Wildman–Crippen MR) is 92.9 cm³/mol. The zero-order chi connectivity index (χ0) is 17.9. The van der Waals surface area contributed by atoms with E-state index in [1.54, 1.807) is 6.07 Å². The van der Waals surface area contributed by atoms with E-state index < -0.39 is 16.0 Å². The minimum absolute atomic E-state index is 0.00487. The Bertz CT molecular complexity index is 699. The van der Waals surface area contributed by atoms with Gasteiger partial charge in [-0.3, -0.25) is 4.90 Å². The third-order valence-corrected chi connectivity index (χ3v) is 6.72. The average Bonchev–Trinajstić information content (AvgIpc) is 3.06. The Morgan fingerprint density at radius 1 is 1.29 bits per heavy atom. The van der Waals surface area contributed by atoms with Gasteiger partial charge in [-0.2, -0.15) is 4.31 Å². The minimum atomic E-state index is -3.68. The van der Waals surface area contributed by atoms with Crippen LogP contribution in [0.15, 0.2) is 23.1 Å². The largest absolute Gasteiger partial charge is 0.478 e. The smallest absolute Gasteiger partial charge is 0.335 e. The van der Waals surface area contributed by atoms with Gasteiger partial charge < -0.3 is 5.11 Å². The number of likely N-dealkylation sites (N-methyl/N-ethyl adjacent to an activating group) is 1. The quantitative estimate of drug-likeness (QED) is 0.811. The van der Waals surface area contributed by atoms with Crippen molar-refractivity contribution in [2.45, 2.75) is 44.6 Å². The normalized spacial score (nSPS) is 19.1. The van der Waals surface area contributed by atoms with Gasteiger partial charge >= 0.3 is 5.97 Å². The second-order valence-electron chi connectivity index (χ2n) is 6.01. The topological polar surface area (TPSA) is 77.9 Å². The number of hydrogen-bond acceptors (Lipinski definition) is 4. The van der Waals surface area contributed by atoms with Crippen LogP contribution in [0.2, 0.25) is 0 Å². The molecule has 0 aromatic heterocycles. The molecular weight excluding hydrogens is 328 g/mol. The number of aromatic carboxylic acids is 1. The van der Waals surface area contributed by atoms with Gasteiger partial charge in [0.2, 0.25) is 10.0 Å². The maximum absolute atomic E-state index is 13.0. The molecular formula is C17H26N2O4S. The first kappa shape index (κ1) is 18.9. The first-order valence-electron chi connectivity index (χ1n) is 8.45. The van der Waals surface area contributed by atoms with Crippen molar-refractivity contribution in [3.63, 3.8) is 0 Å². The molecule has 1 aromatic rings. The molecule has 1 aromatic carbocycles. The molecule has 0 spiro atoms. The predicted octanol–water partition coefficient (Wildman–Crippen LogP) is 2.05. The number of nitrogens with zero attached hydrogens (tertiary/aromatic N) is 2. The SMILES string of the molecule is CCc1ccc(C(=O)O)cc1S(=O)(=O)N1CCC(N(CC)CC)C1. The van der Waals surface area contributed by atoms with Crippen molar-refractivity contribution >= 4 is 16.0 Å². The molecule has 7 heteroatoms. The summed E-state index contributed by atoms with van der Waals surface area (Å²) in [4.78, 5) is 13.6. The van der Waals surface area contributed by atoms with Crippen molar-refractivity contribution in [1.29, 1.82) is 0 Å². The summed E-state index contributed by atoms with van der Waals surface area (Å²) in [6.45, 7) is 8.75. The van der Waals surface area contributed by atoms with Crippen LogP contribution in [0.25, 0.3) is 0 Å². The standard InChI is InChI=1S/C17H26N2O4S/c1-4-13-7-8-14(17(20)21)11-16(13)24(22,23)19-10-9-15(12-19)18(5-2)6-3/h7-8,11,15H,4-6,9-10,12H2,1-3H3,(H,20,21). The van der Waals surface area contributed by atoms with Gasteiger partial charge in [0.25, 0.3) is 0 Å². The Morgan fingerprint density at radius 2 is 1.96 bits per heavy atom. The fraction of sp³-hybridized carbons (Fsp3) is 0.588. The third-order valence-electron chi connectivity index (χ3n) is 4.77. The number of aryl methyl sites for hydroxylation is 1. The van der Waals surface area contributed by atoms with Crippen LogP contribution in [0, 0.1) is 0 Å². The molecule has 2 rings (SSSR count). The van der Waals surface area contributed by atoms with Crippen molar-refractivity contribution in [3.05, 3.63) is 29.3 Å². The number of carbonyl (C=O) groups is 1. The highest BCUT2D eigenvalue weighted by atomic mass is 32.2. The Morgan fingerprint density at radius 3 is 2.50 bits per heavy atom. The Kier molecular flexibility index (Phi) is 6.01. The summed E-state index contributed by atoms with van der Waals surface area (Å²) >= 11 is 0. The zero-order valence-electron chi connectivity index (χ0n) is 14.5. The van der Waals surface area contributed by atoms with Crippen LogP contribution < -0.4 is 0 Å². The molecule has 134 valence electrons. The van der Waals surface area contributed by atoms with Crippen molar-refractivity contribution < 1.29 is 18.3 Å². The van der Waals surface area contributed by atoms with Gasteiger partial charge in [0.1, 0.15) is 0 Å². The fourth-order valence-electron chi connectivity index (χ4n) is 3.33. The van der Waals surface area contributed by atoms with Crippen LogP contribution in [0.1, 0.15) is 43.1 Å². The molecule has 1 fully saturated rings. The molecule has 1 aliphatic rings. The molecule has 6 nitrogen and oxygen atoms in total. The molecule has 1 heterocycles.